The van der Waals surface area contributed by atoms with E-state index < -0.39 is 0 Å². The standard InChI is InChI=1S/C19H24O3/c1-3-22-14-4-13-19(2,15-5-9-17(20)10-6-15)16-7-11-18(21)12-8-16/h5-12,20-21H,3-4,13-14H2,1-2H3. The molecule has 0 aliphatic heterocycles. The molecule has 0 aromatic heterocycles. The Morgan fingerprint density at radius 3 is 1.73 bits per heavy atom. The van der Waals surface area contributed by atoms with E-state index in [1.54, 1.807) is 24.3 Å². The lowest BCUT2D eigenvalue weighted by molar-refractivity contribution is 0.139. The molecule has 118 valence electrons. The molecule has 0 spiro atoms. The Morgan fingerprint density at radius 2 is 1.32 bits per heavy atom. The lowest BCUT2D eigenvalue weighted by atomic mass is 9.73. The molecule has 3 heteroatoms. The van der Waals surface area contributed by atoms with Crippen molar-refractivity contribution < 1.29 is 14.9 Å². The van der Waals surface area contributed by atoms with Gasteiger partial charge in [0.1, 0.15) is 11.5 Å². The molecule has 0 bridgehead atoms. The van der Waals surface area contributed by atoms with Crippen molar-refractivity contribution in [1.29, 1.82) is 0 Å². The largest absolute Gasteiger partial charge is 0.508 e. The van der Waals surface area contributed by atoms with E-state index in [0.29, 0.717) is 0 Å². The Kier molecular flexibility index (Phi) is 5.45. The molecule has 0 aliphatic rings. The van der Waals surface area contributed by atoms with Crippen LogP contribution in [-0.2, 0) is 10.2 Å². The van der Waals surface area contributed by atoms with Crippen molar-refractivity contribution in [3.8, 4) is 11.5 Å². The normalized spacial score (nSPS) is 11.5. The molecular formula is C19H24O3. The maximum Gasteiger partial charge on any atom is 0.115 e. The molecule has 22 heavy (non-hydrogen) atoms. The highest BCUT2D eigenvalue weighted by atomic mass is 16.5. The average Bonchev–Trinajstić information content (AvgIpc) is 2.52. The zero-order valence-corrected chi connectivity index (χ0v) is 13.2. The second kappa shape index (κ2) is 7.32. The summed E-state index contributed by atoms with van der Waals surface area (Å²) in [5.41, 5.74) is 2.11. The van der Waals surface area contributed by atoms with Gasteiger partial charge in [-0.15, -0.1) is 0 Å². The molecule has 2 N–H and O–H groups in total. The number of rotatable bonds is 7. The molecular weight excluding hydrogens is 276 g/mol. The fourth-order valence-corrected chi connectivity index (χ4v) is 2.79. The maximum absolute atomic E-state index is 9.52. The van der Waals surface area contributed by atoms with Crippen LogP contribution in [0.25, 0.3) is 0 Å². The summed E-state index contributed by atoms with van der Waals surface area (Å²) in [4.78, 5) is 0. The molecule has 0 radical (unpaired) electrons. The van der Waals surface area contributed by atoms with Crippen LogP contribution >= 0.6 is 0 Å². The minimum absolute atomic E-state index is 0.182. The van der Waals surface area contributed by atoms with Gasteiger partial charge in [-0.2, -0.15) is 0 Å². The second-order valence-electron chi connectivity index (χ2n) is 5.73. The van der Waals surface area contributed by atoms with E-state index in [1.165, 1.54) is 0 Å². The Labute approximate surface area is 132 Å². The van der Waals surface area contributed by atoms with Crippen LogP contribution in [0, 0.1) is 0 Å². The predicted octanol–water partition coefficient (Wildman–Crippen LogP) is 4.22. The number of aromatic hydroxyl groups is 2. The number of hydrogen-bond acceptors (Lipinski definition) is 3. The fraction of sp³-hybridized carbons (Fsp3) is 0.368. The van der Waals surface area contributed by atoms with Crippen LogP contribution < -0.4 is 0 Å². The molecule has 2 rings (SSSR count). The quantitative estimate of drug-likeness (QED) is 0.753. The fourth-order valence-electron chi connectivity index (χ4n) is 2.79. The molecule has 0 atom stereocenters. The Morgan fingerprint density at radius 1 is 0.864 bits per heavy atom. The minimum atomic E-state index is -0.182. The van der Waals surface area contributed by atoms with Gasteiger partial charge in [-0.1, -0.05) is 31.2 Å². The molecule has 2 aromatic rings. The van der Waals surface area contributed by atoms with E-state index in [1.807, 2.05) is 31.2 Å². The van der Waals surface area contributed by atoms with Crippen molar-refractivity contribution >= 4 is 0 Å². The van der Waals surface area contributed by atoms with Gasteiger partial charge in [-0.3, -0.25) is 0 Å². The predicted molar refractivity (Wildman–Crippen MR) is 88.4 cm³/mol. The van der Waals surface area contributed by atoms with Crippen LogP contribution in [0.4, 0.5) is 0 Å². The minimum Gasteiger partial charge on any atom is -0.508 e. The Balaban J connectivity index is 2.30. The molecule has 0 amide bonds. The highest BCUT2D eigenvalue weighted by Crippen LogP contribution is 2.37. The zero-order chi connectivity index (χ0) is 16.0. The van der Waals surface area contributed by atoms with Crippen LogP contribution in [0.3, 0.4) is 0 Å². The Bertz CT molecular complexity index is 527. The van der Waals surface area contributed by atoms with E-state index in [9.17, 15) is 10.2 Å². The first-order valence-electron chi connectivity index (χ1n) is 7.73. The lowest BCUT2D eigenvalue weighted by Crippen LogP contribution is -2.24. The summed E-state index contributed by atoms with van der Waals surface area (Å²) in [6, 6.07) is 14.7. The number of phenolic OH excluding ortho intramolecular Hbond substituents is 2. The summed E-state index contributed by atoms with van der Waals surface area (Å²) in [7, 11) is 0. The monoisotopic (exact) mass is 300 g/mol. The van der Waals surface area contributed by atoms with Crippen LogP contribution in [0.1, 0.15) is 37.8 Å². The second-order valence-corrected chi connectivity index (χ2v) is 5.73. The summed E-state index contributed by atoms with van der Waals surface area (Å²) in [6.07, 6.45) is 1.88. The highest BCUT2D eigenvalue weighted by Gasteiger charge is 2.28. The van der Waals surface area contributed by atoms with Gasteiger partial charge >= 0.3 is 0 Å². The molecule has 0 saturated heterocycles. The van der Waals surface area contributed by atoms with E-state index in [0.717, 1.165) is 37.2 Å². The van der Waals surface area contributed by atoms with Crippen LogP contribution in [0.15, 0.2) is 48.5 Å². The van der Waals surface area contributed by atoms with E-state index in [2.05, 4.69) is 6.92 Å². The van der Waals surface area contributed by atoms with Crippen molar-refractivity contribution in [2.45, 2.75) is 32.1 Å². The summed E-state index contributed by atoms with van der Waals surface area (Å²) in [5.74, 6) is 0.539. The molecule has 0 heterocycles. The van der Waals surface area contributed by atoms with Crippen molar-refractivity contribution in [2.75, 3.05) is 13.2 Å². The average molecular weight is 300 g/mol. The topological polar surface area (TPSA) is 49.7 Å². The van der Waals surface area contributed by atoms with Crippen molar-refractivity contribution in [1.82, 2.24) is 0 Å². The first-order chi connectivity index (χ1) is 10.6. The van der Waals surface area contributed by atoms with Gasteiger partial charge in [0.15, 0.2) is 0 Å². The molecule has 0 unspecified atom stereocenters. The lowest BCUT2D eigenvalue weighted by Gasteiger charge is -2.31. The van der Waals surface area contributed by atoms with Gasteiger partial charge in [0.05, 0.1) is 0 Å². The van der Waals surface area contributed by atoms with E-state index >= 15 is 0 Å². The number of benzene rings is 2. The van der Waals surface area contributed by atoms with Crippen LogP contribution in [0.2, 0.25) is 0 Å². The smallest absolute Gasteiger partial charge is 0.115 e. The van der Waals surface area contributed by atoms with Gasteiger partial charge in [0.2, 0.25) is 0 Å². The number of ether oxygens (including phenoxy) is 1. The first kappa shape index (κ1) is 16.4. The van der Waals surface area contributed by atoms with Gasteiger partial charge in [0.25, 0.3) is 0 Å². The molecule has 2 aromatic carbocycles. The van der Waals surface area contributed by atoms with Gasteiger partial charge < -0.3 is 14.9 Å². The highest BCUT2D eigenvalue weighted by molar-refractivity contribution is 5.42. The van der Waals surface area contributed by atoms with E-state index in [4.69, 9.17) is 4.74 Å². The molecule has 0 saturated carbocycles. The molecule has 0 aliphatic carbocycles. The summed E-state index contributed by atoms with van der Waals surface area (Å²) in [6.45, 7) is 5.66. The van der Waals surface area contributed by atoms with Crippen LogP contribution in [-0.4, -0.2) is 23.4 Å². The first-order valence-corrected chi connectivity index (χ1v) is 7.73. The van der Waals surface area contributed by atoms with Crippen LogP contribution in [0.5, 0.6) is 11.5 Å². The SMILES string of the molecule is CCOCCCC(C)(c1ccc(O)cc1)c1ccc(O)cc1. The molecule has 3 nitrogen and oxygen atoms in total. The zero-order valence-electron chi connectivity index (χ0n) is 13.2. The third-order valence-corrected chi connectivity index (χ3v) is 4.18. The summed E-state index contributed by atoms with van der Waals surface area (Å²) >= 11 is 0. The number of phenols is 2. The van der Waals surface area contributed by atoms with Crippen molar-refractivity contribution in [2.24, 2.45) is 0 Å². The third-order valence-electron chi connectivity index (χ3n) is 4.18. The third kappa shape index (κ3) is 3.80. The summed E-state index contributed by atoms with van der Waals surface area (Å²) < 4.78 is 5.46. The van der Waals surface area contributed by atoms with Crippen molar-refractivity contribution in [3.63, 3.8) is 0 Å². The maximum atomic E-state index is 9.52. The Hall–Kier alpha value is -2.00. The van der Waals surface area contributed by atoms with Gasteiger partial charge in [0, 0.05) is 18.6 Å². The van der Waals surface area contributed by atoms with Gasteiger partial charge in [-0.05, 0) is 55.2 Å². The number of hydrogen-bond donors (Lipinski definition) is 2. The van der Waals surface area contributed by atoms with E-state index in [-0.39, 0.29) is 16.9 Å². The van der Waals surface area contributed by atoms with Crippen molar-refractivity contribution in [3.05, 3.63) is 59.7 Å². The summed E-state index contributed by atoms with van der Waals surface area (Å²) in [5, 5.41) is 19.0. The van der Waals surface area contributed by atoms with Gasteiger partial charge in [-0.25, -0.2) is 0 Å². The molecule has 0 fully saturated rings.